The van der Waals surface area contributed by atoms with Gasteiger partial charge in [0, 0.05) is 56.6 Å². The first-order valence-electron chi connectivity index (χ1n) is 11.2. The smallest absolute Gasteiger partial charge is 0.254 e. The monoisotopic (exact) mass is 429 g/mol. The van der Waals surface area contributed by atoms with Crippen molar-refractivity contribution in [3.63, 3.8) is 0 Å². The van der Waals surface area contributed by atoms with E-state index in [2.05, 4.69) is 20.9 Å². The Balaban J connectivity index is 1.27. The number of hydrogen-bond donors (Lipinski definition) is 1. The highest BCUT2D eigenvalue weighted by atomic mass is 16.2. The zero-order valence-corrected chi connectivity index (χ0v) is 18.0. The van der Waals surface area contributed by atoms with Gasteiger partial charge in [-0.2, -0.15) is 0 Å². The van der Waals surface area contributed by atoms with E-state index in [-0.39, 0.29) is 17.4 Å². The normalized spacial score (nSPS) is 18.5. The van der Waals surface area contributed by atoms with Crippen LogP contribution in [-0.4, -0.2) is 50.3 Å². The number of nitrogens with zero attached hydrogens (tertiary/aromatic N) is 4. The maximum atomic E-state index is 12.8. The van der Waals surface area contributed by atoms with Gasteiger partial charge in [0.2, 0.25) is 5.91 Å². The predicted octanol–water partition coefficient (Wildman–Crippen LogP) is 2.28. The molecule has 1 fully saturated rings. The summed E-state index contributed by atoms with van der Waals surface area (Å²) in [6, 6.07) is 13.8. The number of nitrogens with one attached hydrogen (secondary N) is 1. The van der Waals surface area contributed by atoms with Crippen LogP contribution in [0.3, 0.4) is 0 Å². The standard InChI is InChI=1S/C25H27N5O2/c31-23(13-18-5-2-1-3-6-18)30-12-8-20(16-30)24-27-22-17-29(11-9-21(22)25(32)28-24)15-19-7-4-10-26-14-19/h1-7,10,14,20H,8-9,11-13,15-17H2,(H,27,28,32)/t20-/m1/s1. The molecule has 4 heterocycles. The summed E-state index contributed by atoms with van der Waals surface area (Å²) in [4.78, 5) is 41.8. The first-order valence-corrected chi connectivity index (χ1v) is 11.2. The average Bonchev–Trinajstić information content (AvgIpc) is 3.31. The van der Waals surface area contributed by atoms with Gasteiger partial charge < -0.3 is 9.88 Å². The number of hydrogen-bond acceptors (Lipinski definition) is 5. The Morgan fingerprint density at radius 3 is 2.75 bits per heavy atom. The van der Waals surface area contributed by atoms with E-state index in [0.717, 1.165) is 41.9 Å². The van der Waals surface area contributed by atoms with Crippen molar-refractivity contribution in [3.05, 3.63) is 93.4 Å². The van der Waals surface area contributed by atoms with Crippen molar-refractivity contribution in [1.29, 1.82) is 0 Å². The Morgan fingerprint density at radius 2 is 1.94 bits per heavy atom. The molecule has 1 atom stereocenters. The van der Waals surface area contributed by atoms with Crippen LogP contribution in [0.5, 0.6) is 0 Å². The van der Waals surface area contributed by atoms with Crippen molar-refractivity contribution in [2.75, 3.05) is 19.6 Å². The molecule has 7 heteroatoms. The molecule has 2 aromatic heterocycles. The van der Waals surface area contributed by atoms with E-state index in [1.54, 1.807) is 6.20 Å². The number of rotatable bonds is 5. The van der Waals surface area contributed by atoms with Gasteiger partial charge in [0.05, 0.1) is 12.1 Å². The fourth-order valence-corrected chi connectivity index (χ4v) is 4.68. The molecule has 0 bridgehead atoms. The summed E-state index contributed by atoms with van der Waals surface area (Å²) in [6.07, 6.45) is 5.58. The van der Waals surface area contributed by atoms with E-state index in [4.69, 9.17) is 4.98 Å². The Labute approximate surface area is 187 Å². The minimum atomic E-state index is -0.0277. The van der Waals surface area contributed by atoms with E-state index < -0.39 is 0 Å². The van der Waals surface area contributed by atoms with Crippen LogP contribution < -0.4 is 5.56 Å². The van der Waals surface area contributed by atoms with Crippen molar-refractivity contribution in [2.45, 2.75) is 38.3 Å². The maximum absolute atomic E-state index is 12.8. The van der Waals surface area contributed by atoms with Crippen molar-refractivity contribution in [1.82, 2.24) is 24.8 Å². The average molecular weight is 430 g/mol. The minimum Gasteiger partial charge on any atom is -0.342 e. The number of amides is 1. The number of H-pyrrole nitrogens is 1. The van der Waals surface area contributed by atoms with Crippen molar-refractivity contribution in [3.8, 4) is 0 Å². The molecule has 0 saturated carbocycles. The second-order valence-electron chi connectivity index (χ2n) is 8.69. The molecule has 164 valence electrons. The number of fused-ring (bicyclic) bond motifs is 1. The molecule has 2 aliphatic rings. The van der Waals surface area contributed by atoms with Gasteiger partial charge in [0.25, 0.3) is 5.56 Å². The third kappa shape index (κ3) is 4.48. The lowest BCUT2D eigenvalue weighted by Crippen LogP contribution is -2.36. The molecule has 3 aromatic rings. The SMILES string of the molecule is O=C(Cc1ccccc1)N1CC[C@@H](c2nc3c(c(=O)[nH]2)CCN(Cc2cccnc2)C3)C1. The molecule has 2 aliphatic heterocycles. The number of benzene rings is 1. The molecule has 5 rings (SSSR count). The molecule has 0 radical (unpaired) electrons. The van der Waals surface area contributed by atoms with Crippen molar-refractivity contribution >= 4 is 5.91 Å². The molecule has 0 aliphatic carbocycles. The quantitative estimate of drug-likeness (QED) is 0.673. The van der Waals surface area contributed by atoms with Gasteiger partial charge >= 0.3 is 0 Å². The number of carbonyl (C=O) groups excluding carboxylic acids is 1. The van der Waals surface area contributed by atoms with E-state index >= 15 is 0 Å². The summed E-state index contributed by atoms with van der Waals surface area (Å²) < 4.78 is 0. The van der Waals surface area contributed by atoms with Crippen LogP contribution in [0.1, 0.15) is 40.5 Å². The van der Waals surface area contributed by atoms with Crippen LogP contribution in [0.15, 0.2) is 59.7 Å². The van der Waals surface area contributed by atoms with Crippen LogP contribution >= 0.6 is 0 Å². The van der Waals surface area contributed by atoms with Gasteiger partial charge in [-0.1, -0.05) is 36.4 Å². The predicted molar refractivity (Wildman–Crippen MR) is 121 cm³/mol. The lowest BCUT2D eigenvalue weighted by molar-refractivity contribution is -0.129. The highest BCUT2D eigenvalue weighted by Gasteiger charge is 2.30. The van der Waals surface area contributed by atoms with E-state index in [1.165, 1.54) is 0 Å². The largest absolute Gasteiger partial charge is 0.342 e. The van der Waals surface area contributed by atoms with Crippen molar-refractivity contribution < 1.29 is 4.79 Å². The van der Waals surface area contributed by atoms with Gasteiger partial charge in [0.1, 0.15) is 5.82 Å². The van der Waals surface area contributed by atoms with Crippen LogP contribution in [0.4, 0.5) is 0 Å². The highest BCUT2D eigenvalue weighted by molar-refractivity contribution is 5.79. The third-order valence-corrected chi connectivity index (χ3v) is 6.43. The molecular formula is C25H27N5O2. The molecular weight excluding hydrogens is 402 g/mol. The molecule has 32 heavy (non-hydrogen) atoms. The second-order valence-corrected chi connectivity index (χ2v) is 8.69. The van der Waals surface area contributed by atoms with Crippen LogP contribution in [-0.2, 0) is 30.7 Å². The molecule has 0 unspecified atom stereocenters. The Morgan fingerprint density at radius 1 is 1.09 bits per heavy atom. The lowest BCUT2D eigenvalue weighted by atomic mass is 10.0. The second kappa shape index (κ2) is 9.04. The van der Waals surface area contributed by atoms with E-state index in [0.29, 0.717) is 38.3 Å². The van der Waals surface area contributed by atoms with E-state index in [1.807, 2.05) is 47.5 Å². The Bertz CT molecular complexity index is 1150. The minimum absolute atomic E-state index is 0.0277. The summed E-state index contributed by atoms with van der Waals surface area (Å²) in [6.45, 7) is 3.58. The van der Waals surface area contributed by atoms with Crippen LogP contribution in [0.2, 0.25) is 0 Å². The molecule has 1 amide bonds. The zero-order valence-electron chi connectivity index (χ0n) is 18.0. The van der Waals surface area contributed by atoms with Gasteiger partial charge in [-0.25, -0.2) is 4.98 Å². The van der Waals surface area contributed by atoms with Gasteiger partial charge in [-0.05, 0) is 30.0 Å². The fraction of sp³-hybridized carbons (Fsp3) is 0.360. The van der Waals surface area contributed by atoms with Crippen LogP contribution in [0.25, 0.3) is 0 Å². The number of aromatic nitrogens is 3. The van der Waals surface area contributed by atoms with Crippen molar-refractivity contribution in [2.24, 2.45) is 0 Å². The summed E-state index contributed by atoms with van der Waals surface area (Å²) in [5.41, 5.74) is 3.82. The summed E-state index contributed by atoms with van der Waals surface area (Å²) >= 11 is 0. The highest BCUT2D eigenvalue weighted by Crippen LogP contribution is 2.26. The van der Waals surface area contributed by atoms with Gasteiger partial charge in [-0.15, -0.1) is 0 Å². The first kappa shape index (κ1) is 20.6. The number of aromatic amines is 1. The lowest BCUT2D eigenvalue weighted by Gasteiger charge is -2.28. The maximum Gasteiger partial charge on any atom is 0.254 e. The molecule has 7 nitrogen and oxygen atoms in total. The first-order chi connectivity index (χ1) is 15.7. The molecule has 1 aromatic carbocycles. The summed E-state index contributed by atoms with van der Waals surface area (Å²) in [5, 5.41) is 0. The summed E-state index contributed by atoms with van der Waals surface area (Å²) in [5.74, 6) is 0.912. The Kier molecular flexibility index (Phi) is 5.81. The van der Waals surface area contributed by atoms with E-state index in [9.17, 15) is 9.59 Å². The summed E-state index contributed by atoms with van der Waals surface area (Å²) in [7, 11) is 0. The fourth-order valence-electron chi connectivity index (χ4n) is 4.68. The van der Waals surface area contributed by atoms with Gasteiger partial charge in [-0.3, -0.25) is 19.5 Å². The molecule has 1 saturated heterocycles. The number of pyridine rings is 1. The molecule has 0 spiro atoms. The third-order valence-electron chi connectivity index (χ3n) is 6.43. The van der Waals surface area contributed by atoms with Gasteiger partial charge in [0.15, 0.2) is 0 Å². The Hall–Kier alpha value is -3.32. The number of likely N-dealkylation sites (tertiary alicyclic amines) is 1. The topological polar surface area (TPSA) is 82.2 Å². The van der Waals surface area contributed by atoms with Crippen LogP contribution in [0, 0.1) is 0 Å². The zero-order chi connectivity index (χ0) is 21.9. The number of carbonyl (C=O) groups is 1. The molecule has 1 N–H and O–H groups in total.